The first kappa shape index (κ1) is 15.1. The van der Waals surface area contributed by atoms with Crippen molar-refractivity contribution in [3.63, 3.8) is 0 Å². The van der Waals surface area contributed by atoms with E-state index in [0.29, 0.717) is 5.69 Å². The van der Waals surface area contributed by atoms with E-state index in [1.54, 1.807) is 0 Å². The highest BCUT2D eigenvalue weighted by atomic mass is 79.9. The monoisotopic (exact) mass is 447 g/mol. The van der Waals surface area contributed by atoms with Gasteiger partial charge in [-0.3, -0.25) is 14.5 Å². The molecule has 1 aliphatic heterocycles. The molecule has 122 valence electrons. The van der Waals surface area contributed by atoms with Crippen molar-refractivity contribution in [1.29, 1.82) is 0 Å². The van der Waals surface area contributed by atoms with Gasteiger partial charge >= 0.3 is 0 Å². The molecule has 1 saturated heterocycles. The van der Waals surface area contributed by atoms with Crippen molar-refractivity contribution in [1.82, 2.24) is 0 Å². The van der Waals surface area contributed by atoms with Gasteiger partial charge in [-0.2, -0.15) is 0 Å². The highest BCUT2D eigenvalue weighted by molar-refractivity contribution is 9.12. The highest BCUT2D eigenvalue weighted by Crippen LogP contribution is 2.60. The van der Waals surface area contributed by atoms with Gasteiger partial charge in [0, 0.05) is 9.65 Å². The lowest BCUT2D eigenvalue weighted by Crippen LogP contribution is -2.37. The van der Waals surface area contributed by atoms with E-state index in [4.69, 9.17) is 0 Å². The van der Waals surface area contributed by atoms with E-state index in [2.05, 4.69) is 31.9 Å². The Kier molecular flexibility index (Phi) is 3.24. The van der Waals surface area contributed by atoms with E-state index < -0.39 is 0 Å². The third-order valence-electron chi connectivity index (χ3n) is 5.98. The van der Waals surface area contributed by atoms with E-state index in [1.807, 2.05) is 42.5 Å². The number of halogens is 2. The van der Waals surface area contributed by atoms with Crippen LogP contribution < -0.4 is 4.90 Å². The molecule has 5 rings (SSSR count). The third-order valence-corrected chi connectivity index (χ3v) is 9.18. The van der Waals surface area contributed by atoms with Crippen LogP contribution in [0.1, 0.15) is 6.42 Å². The maximum absolute atomic E-state index is 13.0. The van der Waals surface area contributed by atoms with Crippen molar-refractivity contribution in [3.8, 4) is 0 Å². The molecule has 2 bridgehead atoms. The predicted octanol–water partition coefficient (Wildman–Crippen LogP) is 4.12. The molecule has 2 aliphatic carbocycles. The zero-order valence-electron chi connectivity index (χ0n) is 12.7. The Hall–Kier alpha value is -1.20. The fraction of sp³-hybridized carbons (Fsp3) is 0.368. The number of carbonyl (C=O) groups excluding carboxylic acids is 2. The number of nitrogens with zero attached hydrogens (tertiary/aromatic N) is 1. The molecule has 5 heteroatoms. The van der Waals surface area contributed by atoms with Gasteiger partial charge < -0.3 is 0 Å². The Balaban J connectivity index is 1.57. The van der Waals surface area contributed by atoms with Crippen LogP contribution in [0.3, 0.4) is 0 Å². The zero-order valence-corrected chi connectivity index (χ0v) is 15.9. The Morgan fingerprint density at radius 1 is 0.833 bits per heavy atom. The maximum Gasteiger partial charge on any atom is 0.238 e. The molecular formula is C19H15Br2NO2. The first-order valence-corrected chi connectivity index (χ1v) is 10.1. The number of hydrogen-bond donors (Lipinski definition) is 0. The summed E-state index contributed by atoms with van der Waals surface area (Å²) in [6.07, 6.45) is 0.963. The predicted molar refractivity (Wildman–Crippen MR) is 100 cm³/mol. The number of anilines is 1. The Labute approximate surface area is 156 Å². The van der Waals surface area contributed by atoms with Gasteiger partial charge in [-0.15, -0.1) is 0 Å². The van der Waals surface area contributed by atoms with Crippen LogP contribution in [0.15, 0.2) is 42.5 Å². The summed E-state index contributed by atoms with van der Waals surface area (Å²) in [6, 6.07) is 13.8. The number of alkyl halides is 2. The van der Waals surface area contributed by atoms with Crippen molar-refractivity contribution in [2.24, 2.45) is 23.7 Å². The van der Waals surface area contributed by atoms with E-state index in [-0.39, 0.29) is 45.1 Å². The Bertz CT molecular complexity index is 851. The van der Waals surface area contributed by atoms with E-state index in [1.165, 1.54) is 4.90 Å². The normalized spacial score (nSPS) is 37.5. The number of rotatable bonds is 1. The molecule has 0 N–H and O–H groups in total. The van der Waals surface area contributed by atoms with E-state index >= 15 is 0 Å². The van der Waals surface area contributed by atoms with Crippen molar-refractivity contribution < 1.29 is 9.59 Å². The second kappa shape index (κ2) is 5.15. The molecule has 2 amide bonds. The smallest absolute Gasteiger partial charge is 0.238 e. The SMILES string of the molecule is O=C1C2C3CC(C(Br)C3Br)C2C(=O)N1c1ccc2ccccc2c1. The molecule has 0 aromatic heterocycles. The van der Waals surface area contributed by atoms with Crippen LogP contribution in [0, 0.1) is 23.7 Å². The molecule has 2 aromatic carbocycles. The summed E-state index contributed by atoms with van der Waals surface area (Å²) < 4.78 is 0. The van der Waals surface area contributed by atoms with Gasteiger partial charge in [-0.25, -0.2) is 0 Å². The van der Waals surface area contributed by atoms with Crippen LogP contribution in [-0.4, -0.2) is 21.5 Å². The van der Waals surface area contributed by atoms with Gasteiger partial charge in [0.15, 0.2) is 0 Å². The largest absolute Gasteiger partial charge is 0.274 e. The lowest BCUT2D eigenvalue weighted by Gasteiger charge is -2.28. The number of fused-ring (bicyclic) bond motifs is 6. The topological polar surface area (TPSA) is 37.4 Å². The first-order valence-electron chi connectivity index (χ1n) is 8.22. The van der Waals surface area contributed by atoms with Crippen molar-refractivity contribution in [3.05, 3.63) is 42.5 Å². The number of carbonyl (C=O) groups is 2. The van der Waals surface area contributed by atoms with Crippen LogP contribution in [0.2, 0.25) is 0 Å². The Morgan fingerprint density at radius 2 is 1.42 bits per heavy atom. The van der Waals surface area contributed by atoms with E-state index in [9.17, 15) is 9.59 Å². The van der Waals surface area contributed by atoms with Crippen LogP contribution in [0.25, 0.3) is 10.8 Å². The summed E-state index contributed by atoms with van der Waals surface area (Å²) in [4.78, 5) is 28.1. The first-order chi connectivity index (χ1) is 11.6. The summed E-state index contributed by atoms with van der Waals surface area (Å²) in [7, 11) is 0. The fourth-order valence-corrected chi connectivity index (χ4v) is 6.79. The highest BCUT2D eigenvalue weighted by Gasteiger charge is 2.66. The van der Waals surface area contributed by atoms with Crippen LogP contribution in [-0.2, 0) is 9.59 Å². The van der Waals surface area contributed by atoms with Crippen molar-refractivity contribution >= 4 is 60.1 Å². The minimum absolute atomic E-state index is 0.0170. The van der Waals surface area contributed by atoms with Gasteiger partial charge in [0.2, 0.25) is 11.8 Å². The number of benzene rings is 2. The van der Waals surface area contributed by atoms with Crippen molar-refractivity contribution in [2.45, 2.75) is 16.1 Å². The quantitative estimate of drug-likeness (QED) is 0.486. The van der Waals surface area contributed by atoms with Gasteiger partial charge in [-0.05, 0) is 41.2 Å². The van der Waals surface area contributed by atoms with Gasteiger partial charge in [-0.1, -0.05) is 62.2 Å². The molecule has 3 aliphatic rings. The molecule has 6 atom stereocenters. The average Bonchev–Trinajstić information content (AvgIpc) is 3.19. The minimum atomic E-state index is -0.160. The molecule has 3 fully saturated rings. The average molecular weight is 449 g/mol. The van der Waals surface area contributed by atoms with Crippen LogP contribution in [0.4, 0.5) is 5.69 Å². The van der Waals surface area contributed by atoms with Crippen molar-refractivity contribution in [2.75, 3.05) is 4.90 Å². The molecule has 3 nitrogen and oxygen atoms in total. The maximum atomic E-state index is 13.0. The summed E-state index contributed by atoms with van der Waals surface area (Å²) in [5, 5.41) is 2.16. The second-order valence-corrected chi connectivity index (χ2v) is 9.16. The number of hydrogen-bond acceptors (Lipinski definition) is 2. The fourth-order valence-electron chi connectivity index (χ4n) is 4.92. The minimum Gasteiger partial charge on any atom is -0.274 e. The summed E-state index contributed by atoms with van der Waals surface area (Å²) in [5.41, 5.74) is 0.703. The van der Waals surface area contributed by atoms with Gasteiger partial charge in [0.05, 0.1) is 17.5 Å². The summed E-state index contributed by atoms with van der Waals surface area (Å²) >= 11 is 7.45. The molecule has 2 aromatic rings. The summed E-state index contributed by atoms with van der Waals surface area (Å²) in [5.74, 6) is 0.158. The molecule has 0 spiro atoms. The number of amides is 2. The van der Waals surface area contributed by atoms with E-state index in [0.717, 1.165) is 17.2 Å². The molecule has 2 saturated carbocycles. The lowest BCUT2D eigenvalue weighted by atomic mass is 9.81. The van der Waals surface area contributed by atoms with Gasteiger partial charge in [0.1, 0.15) is 0 Å². The zero-order chi connectivity index (χ0) is 16.6. The third kappa shape index (κ3) is 1.83. The molecular weight excluding hydrogens is 434 g/mol. The standard InChI is InChI=1S/C19H15Br2NO2/c20-16-12-8-13(17(16)21)15-14(12)18(23)22(19(15)24)11-6-5-9-3-1-2-4-10(9)7-11/h1-7,12-17H,8H2. The van der Waals surface area contributed by atoms with Gasteiger partial charge in [0.25, 0.3) is 0 Å². The molecule has 1 heterocycles. The molecule has 0 radical (unpaired) electrons. The van der Waals surface area contributed by atoms with Crippen LogP contribution >= 0.6 is 31.9 Å². The second-order valence-electron chi connectivity index (χ2n) is 7.05. The summed E-state index contributed by atoms with van der Waals surface area (Å²) in [6.45, 7) is 0. The molecule has 6 unspecified atom stereocenters. The van der Waals surface area contributed by atoms with Crippen LogP contribution in [0.5, 0.6) is 0 Å². The molecule has 24 heavy (non-hydrogen) atoms. The Morgan fingerprint density at radius 3 is 2.04 bits per heavy atom. The lowest BCUT2D eigenvalue weighted by molar-refractivity contribution is -0.123. The number of imide groups is 1.